The van der Waals surface area contributed by atoms with Gasteiger partial charge in [0.25, 0.3) is 5.92 Å². The van der Waals surface area contributed by atoms with Crippen molar-refractivity contribution in [2.45, 2.75) is 5.92 Å². The zero-order chi connectivity index (χ0) is 11.3. The predicted octanol–water partition coefficient (Wildman–Crippen LogP) is 1.10. The molecule has 0 saturated carbocycles. The van der Waals surface area contributed by atoms with Crippen LogP contribution in [0, 0.1) is 0 Å². The number of methoxy groups -OCH3 is 1. The monoisotopic (exact) mass is 217 g/mol. The number of nitrogens with one attached hydrogen (secondary N) is 1. The molecule has 3 N–H and O–H groups in total. The van der Waals surface area contributed by atoms with Gasteiger partial charge in [-0.15, -0.1) is 0 Å². The topological polar surface area (TPSA) is 60.2 Å². The molecule has 0 aliphatic heterocycles. The van der Waals surface area contributed by atoms with Gasteiger partial charge in [-0.25, -0.2) is 8.78 Å². The molecule has 0 radical (unpaired) electrons. The first kappa shape index (κ1) is 11.6. The van der Waals surface area contributed by atoms with Gasteiger partial charge in [0.1, 0.15) is 5.82 Å². The molecule has 0 atom stereocenters. The van der Waals surface area contributed by atoms with Crippen molar-refractivity contribution in [3.8, 4) is 5.88 Å². The summed E-state index contributed by atoms with van der Waals surface area (Å²) in [6, 6.07) is 4.87. The summed E-state index contributed by atoms with van der Waals surface area (Å²) in [4.78, 5) is 3.92. The van der Waals surface area contributed by atoms with Crippen LogP contribution in [0.5, 0.6) is 5.88 Å². The molecule has 0 aliphatic rings. The van der Waals surface area contributed by atoms with Gasteiger partial charge in [0.2, 0.25) is 5.88 Å². The molecule has 0 unspecified atom stereocenters. The Bertz CT molecular complexity index is 320. The van der Waals surface area contributed by atoms with E-state index in [9.17, 15) is 8.78 Å². The Hall–Kier alpha value is -1.43. The van der Waals surface area contributed by atoms with Crippen molar-refractivity contribution in [2.75, 3.05) is 25.5 Å². The van der Waals surface area contributed by atoms with Crippen molar-refractivity contribution in [1.29, 1.82) is 0 Å². The second-order valence-electron chi connectivity index (χ2n) is 2.98. The van der Waals surface area contributed by atoms with Crippen molar-refractivity contribution in [2.24, 2.45) is 5.73 Å². The SMILES string of the molecule is COc1cccc(NCC(F)(F)CN)n1. The van der Waals surface area contributed by atoms with Gasteiger partial charge < -0.3 is 15.8 Å². The third-order valence-electron chi connectivity index (χ3n) is 1.76. The van der Waals surface area contributed by atoms with Gasteiger partial charge >= 0.3 is 0 Å². The Labute approximate surface area is 86.4 Å². The standard InChI is InChI=1S/C9H13F2N3O/c1-15-8-4-2-3-7(14-8)13-6-9(10,11)5-12/h2-4H,5-6,12H2,1H3,(H,13,14). The van der Waals surface area contributed by atoms with E-state index >= 15 is 0 Å². The van der Waals surface area contributed by atoms with Crippen LogP contribution in [0.4, 0.5) is 14.6 Å². The van der Waals surface area contributed by atoms with Crippen molar-refractivity contribution in [3.63, 3.8) is 0 Å². The summed E-state index contributed by atoms with van der Waals surface area (Å²) in [6.07, 6.45) is 0. The third-order valence-corrected chi connectivity index (χ3v) is 1.76. The lowest BCUT2D eigenvalue weighted by Crippen LogP contribution is -2.35. The Morgan fingerprint density at radius 1 is 1.53 bits per heavy atom. The molecule has 0 amide bonds. The lowest BCUT2D eigenvalue weighted by molar-refractivity contribution is 0.0253. The van der Waals surface area contributed by atoms with Crippen molar-refractivity contribution in [3.05, 3.63) is 18.2 Å². The van der Waals surface area contributed by atoms with E-state index in [1.54, 1.807) is 18.2 Å². The number of hydrogen-bond donors (Lipinski definition) is 2. The fourth-order valence-corrected chi connectivity index (χ4v) is 0.919. The Balaban J connectivity index is 2.57. The zero-order valence-corrected chi connectivity index (χ0v) is 8.34. The minimum Gasteiger partial charge on any atom is -0.481 e. The van der Waals surface area contributed by atoms with Gasteiger partial charge in [-0.05, 0) is 6.07 Å². The average molecular weight is 217 g/mol. The number of pyridine rings is 1. The molecule has 1 heterocycles. The number of rotatable bonds is 5. The number of ether oxygens (including phenoxy) is 1. The van der Waals surface area contributed by atoms with E-state index in [1.807, 2.05) is 0 Å². The molecule has 0 aromatic carbocycles. The summed E-state index contributed by atoms with van der Waals surface area (Å²) < 4.78 is 30.4. The van der Waals surface area contributed by atoms with Crippen LogP contribution in [0.3, 0.4) is 0 Å². The first-order valence-corrected chi connectivity index (χ1v) is 4.40. The number of hydrogen-bond acceptors (Lipinski definition) is 4. The molecule has 1 aromatic rings. The predicted molar refractivity (Wildman–Crippen MR) is 53.3 cm³/mol. The van der Waals surface area contributed by atoms with Gasteiger partial charge in [0, 0.05) is 6.07 Å². The molecule has 0 aliphatic carbocycles. The lowest BCUT2D eigenvalue weighted by atomic mass is 10.3. The molecule has 0 saturated heterocycles. The van der Waals surface area contributed by atoms with Crippen LogP contribution in [0.25, 0.3) is 0 Å². The zero-order valence-electron chi connectivity index (χ0n) is 8.34. The minimum atomic E-state index is -2.93. The van der Waals surface area contributed by atoms with Gasteiger partial charge in [-0.2, -0.15) is 4.98 Å². The molecule has 0 fully saturated rings. The van der Waals surface area contributed by atoms with Crippen LogP contribution in [0.1, 0.15) is 0 Å². The number of aromatic nitrogens is 1. The quantitative estimate of drug-likeness (QED) is 0.775. The largest absolute Gasteiger partial charge is 0.481 e. The second kappa shape index (κ2) is 4.88. The van der Waals surface area contributed by atoms with E-state index in [0.717, 1.165) is 0 Å². The number of nitrogens with two attached hydrogens (primary N) is 1. The fourth-order valence-electron chi connectivity index (χ4n) is 0.919. The van der Waals surface area contributed by atoms with E-state index in [2.05, 4.69) is 10.3 Å². The van der Waals surface area contributed by atoms with E-state index in [1.165, 1.54) is 7.11 Å². The van der Waals surface area contributed by atoms with Crippen LogP contribution in [0.15, 0.2) is 18.2 Å². The van der Waals surface area contributed by atoms with E-state index in [4.69, 9.17) is 10.5 Å². The number of anilines is 1. The molecule has 4 nitrogen and oxygen atoms in total. The molecule has 15 heavy (non-hydrogen) atoms. The van der Waals surface area contributed by atoms with Gasteiger partial charge in [-0.3, -0.25) is 0 Å². The Morgan fingerprint density at radius 2 is 2.27 bits per heavy atom. The van der Waals surface area contributed by atoms with Crippen LogP contribution < -0.4 is 15.8 Å². The molecule has 0 bridgehead atoms. The molecule has 84 valence electrons. The second-order valence-corrected chi connectivity index (χ2v) is 2.98. The maximum Gasteiger partial charge on any atom is 0.276 e. The van der Waals surface area contributed by atoms with Crippen molar-refractivity contribution in [1.82, 2.24) is 4.98 Å². The van der Waals surface area contributed by atoms with Gasteiger partial charge in [0.15, 0.2) is 0 Å². The van der Waals surface area contributed by atoms with Crippen molar-refractivity contribution >= 4 is 5.82 Å². The van der Waals surface area contributed by atoms with Crippen LogP contribution in [-0.4, -0.2) is 31.1 Å². The Kier molecular flexibility index (Phi) is 3.79. The number of alkyl halides is 2. The van der Waals surface area contributed by atoms with Crippen LogP contribution in [0.2, 0.25) is 0 Å². The smallest absolute Gasteiger partial charge is 0.276 e. The van der Waals surface area contributed by atoms with Gasteiger partial charge in [-0.1, -0.05) is 6.07 Å². The highest BCUT2D eigenvalue weighted by molar-refractivity contribution is 5.37. The molecule has 6 heteroatoms. The van der Waals surface area contributed by atoms with Gasteiger partial charge in [0.05, 0.1) is 20.2 Å². The normalized spacial score (nSPS) is 11.2. The third kappa shape index (κ3) is 3.67. The first-order valence-electron chi connectivity index (χ1n) is 4.40. The maximum atomic E-state index is 12.8. The molecule has 1 aromatic heterocycles. The summed E-state index contributed by atoms with van der Waals surface area (Å²) in [5.41, 5.74) is 4.89. The molecule has 0 spiro atoms. The highest BCUT2D eigenvalue weighted by atomic mass is 19.3. The van der Waals surface area contributed by atoms with E-state index in [0.29, 0.717) is 11.7 Å². The van der Waals surface area contributed by atoms with Crippen LogP contribution >= 0.6 is 0 Å². The first-order chi connectivity index (χ1) is 7.07. The van der Waals surface area contributed by atoms with Crippen molar-refractivity contribution < 1.29 is 13.5 Å². The summed E-state index contributed by atoms with van der Waals surface area (Å²) in [6.45, 7) is -1.23. The maximum absolute atomic E-state index is 12.8. The Morgan fingerprint density at radius 3 is 2.87 bits per heavy atom. The number of halogens is 2. The number of nitrogens with zero attached hydrogens (tertiary/aromatic N) is 1. The highest BCUT2D eigenvalue weighted by Crippen LogP contribution is 2.14. The summed E-state index contributed by atoms with van der Waals surface area (Å²) in [7, 11) is 1.46. The summed E-state index contributed by atoms with van der Waals surface area (Å²) in [5.74, 6) is -2.22. The van der Waals surface area contributed by atoms with Crippen LogP contribution in [-0.2, 0) is 0 Å². The molecular formula is C9H13F2N3O. The summed E-state index contributed by atoms with van der Waals surface area (Å²) in [5, 5.41) is 2.49. The highest BCUT2D eigenvalue weighted by Gasteiger charge is 2.26. The average Bonchev–Trinajstić information content (AvgIpc) is 2.27. The molecular weight excluding hydrogens is 204 g/mol. The lowest BCUT2D eigenvalue weighted by Gasteiger charge is -2.14. The summed E-state index contributed by atoms with van der Waals surface area (Å²) >= 11 is 0. The fraction of sp³-hybridized carbons (Fsp3) is 0.444. The minimum absolute atomic E-state index is 0.336. The van der Waals surface area contributed by atoms with E-state index in [-0.39, 0.29) is 0 Å². The van der Waals surface area contributed by atoms with E-state index < -0.39 is 19.0 Å². The molecule has 1 rings (SSSR count).